The third-order valence-electron chi connectivity index (χ3n) is 3.84. The molecule has 4 heteroatoms. The van der Waals surface area contributed by atoms with Gasteiger partial charge in [-0.25, -0.2) is 0 Å². The average Bonchev–Trinajstić information content (AvgIpc) is 2.47. The molecule has 0 bridgehead atoms. The number of benzene rings is 1. The van der Waals surface area contributed by atoms with Crippen molar-refractivity contribution in [1.29, 1.82) is 0 Å². The highest BCUT2D eigenvalue weighted by Crippen LogP contribution is 2.14. The molecule has 0 spiro atoms. The van der Waals surface area contributed by atoms with E-state index in [4.69, 9.17) is 4.74 Å². The van der Waals surface area contributed by atoms with Crippen molar-refractivity contribution in [2.24, 2.45) is 5.92 Å². The highest BCUT2D eigenvalue weighted by Gasteiger charge is 2.21. The van der Waals surface area contributed by atoms with Crippen LogP contribution in [0.15, 0.2) is 24.3 Å². The lowest BCUT2D eigenvalue weighted by molar-refractivity contribution is -0.132. The van der Waals surface area contributed by atoms with E-state index in [-0.39, 0.29) is 5.91 Å². The summed E-state index contributed by atoms with van der Waals surface area (Å²) in [5, 5.41) is 0. The second-order valence-corrected chi connectivity index (χ2v) is 6.10. The number of rotatable bonds is 5. The number of carbonyl (C=O) groups is 1. The molecule has 0 atom stereocenters. The molecule has 4 nitrogen and oxygen atoms in total. The first kappa shape index (κ1) is 15.8. The van der Waals surface area contributed by atoms with Crippen LogP contribution < -0.4 is 4.74 Å². The standard InChI is InChI=1S/C17H26N2O2/c1-14(2)13-18-7-9-19(10-8-18)17(20)12-15-5-4-6-16(11-15)21-3/h4-6,11,14H,7-10,12-13H2,1-3H3. The van der Waals surface area contributed by atoms with Crippen molar-refractivity contribution < 1.29 is 9.53 Å². The molecule has 1 aliphatic rings. The summed E-state index contributed by atoms with van der Waals surface area (Å²) in [6.45, 7) is 9.26. The van der Waals surface area contributed by atoms with E-state index in [0.717, 1.165) is 44.0 Å². The minimum absolute atomic E-state index is 0.215. The fraction of sp³-hybridized carbons (Fsp3) is 0.588. The summed E-state index contributed by atoms with van der Waals surface area (Å²) in [6.07, 6.45) is 0.460. The van der Waals surface area contributed by atoms with Crippen LogP contribution in [-0.2, 0) is 11.2 Å². The normalized spacial score (nSPS) is 16.3. The van der Waals surface area contributed by atoms with Crippen molar-refractivity contribution in [3.8, 4) is 5.75 Å². The van der Waals surface area contributed by atoms with Gasteiger partial charge in [-0.3, -0.25) is 9.69 Å². The molecule has 1 aromatic rings. The molecular weight excluding hydrogens is 264 g/mol. The molecule has 0 aliphatic carbocycles. The highest BCUT2D eigenvalue weighted by molar-refractivity contribution is 5.79. The molecule has 0 aromatic heterocycles. The molecule has 116 valence electrons. The third-order valence-corrected chi connectivity index (χ3v) is 3.84. The number of ether oxygens (including phenoxy) is 1. The average molecular weight is 290 g/mol. The summed E-state index contributed by atoms with van der Waals surface area (Å²) >= 11 is 0. The number of nitrogens with zero attached hydrogens (tertiary/aromatic N) is 2. The van der Waals surface area contributed by atoms with Crippen LogP contribution in [0.2, 0.25) is 0 Å². The van der Waals surface area contributed by atoms with Gasteiger partial charge in [-0.15, -0.1) is 0 Å². The predicted molar refractivity (Wildman–Crippen MR) is 84.6 cm³/mol. The van der Waals surface area contributed by atoms with Gasteiger partial charge in [0.2, 0.25) is 5.91 Å². The second-order valence-electron chi connectivity index (χ2n) is 6.10. The lowest BCUT2D eigenvalue weighted by Crippen LogP contribution is -2.49. The zero-order valence-electron chi connectivity index (χ0n) is 13.3. The zero-order valence-corrected chi connectivity index (χ0v) is 13.3. The smallest absolute Gasteiger partial charge is 0.227 e. The maximum absolute atomic E-state index is 12.4. The Morgan fingerprint density at radius 2 is 1.95 bits per heavy atom. The minimum Gasteiger partial charge on any atom is -0.497 e. The van der Waals surface area contributed by atoms with Gasteiger partial charge < -0.3 is 9.64 Å². The van der Waals surface area contributed by atoms with E-state index >= 15 is 0 Å². The Labute approximate surface area is 127 Å². The van der Waals surface area contributed by atoms with E-state index in [1.165, 1.54) is 0 Å². The van der Waals surface area contributed by atoms with Crippen LogP contribution in [0.5, 0.6) is 5.75 Å². The van der Waals surface area contributed by atoms with Gasteiger partial charge in [-0.1, -0.05) is 26.0 Å². The van der Waals surface area contributed by atoms with Gasteiger partial charge >= 0.3 is 0 Å². The fourth-order valence-corrected chi connectivity index (χ4v) is 2.77. The van der Waals surface area contributed by atoms with Crippen molar-refractivity contribution >= 4 is 5.91 Å². The van der Waals surface area contributed by atoms with Gasteiger partial charge in [-0.05, 0) is 23.6 Å². The van der Waals surface area contributed by atoms with Crippen molar-refractivity contribution in [3.05, 3.63) is 29.8 Å². The number of carbonyl (C=O) groups excluding carboxylic acids is 1. The predicted octanol–water partition coefficient (Wildman–Crippen LogP) is 2.04. The summed E-state index contributed by atoms with van der Waals surface area (Å²) in [5.41, 5.74) is 1.02. The van der Waals surface area contributed by atoms with E-state index in [2.05, 4.69) is 18.7 Å². The monoisotopic (exact) mass is 290 g/mol. The Bertz CT molecular complexity index is 466. The largest absolute Gasteiger partial charge is 0.497 e. The minimum atomic E-state index is 0.215. The molecule has 1 saturated heterocycles. The maximum atomic E-state index is 12.4. The SMILES string of the molecule is COc1cccc(CC(=O)N2CCN(CC(C)C)CC2)c1. The molecule has 0 saturated carbocycles. The van der Waals surface area contributed by atoms with Crippen molar-refractivity contribution in [2.75, 3.05) is 39.8 Å². The third kappa shape index (κ3) is 4.74. The highest BCUT2D eigenvalue weighted by atomic mass is 16.5. The van der Waals surface area contributed by atoms with E-state index in [1.807, 2.05) is 29.2 Å². The van der Waals surface area contributed by atoms with E-state index < -0.39 is 0 Å². The van der Waals surface area contributed by atoms with Gasteiger partial charge in [-0.2, -0.15) is 0 Å². The van der Waals surface area contributed by atoms with E-state index in [1.54, 1.807) is 7.11 Å². The van der Waals surface area contributed by atoms with Crippen LogP contribution in [-0.4, -0.2) is 55.5 Å². The van der Waals surface area contributed by atoms with Crippen LogP contribution in [0, 0.1) is 5.92 Å². The van der Waals surface area contributed by atoms with Gasteiger partial charge in [0.05, 0.1) is 13.5 Å². The second kappa shape index (κ2) is 7.46. The molecule has 21 heavy (non-hydrogen) atoms. The molecular formula is C17H26N2O2. The van der Waals surface area contributed by atoms with Crippen molar-refractivity contribution in [2.45, 2.75) is 20.3 Å². The molecule has 0 unspecified atom stereocenters. The summed E-state index contributed by atoms with van der Waals surface area (Å²) in [7, 11) is 1.65. The Kier molecular flexibility index (Phi) is 5.62. The topological polar surface area (TPSA) is 32.8 Å². The molecule has 1 aromatic carbocycles. The first-order valence-electron chi connectivity index (χ1n) is 7.71. The molecule has 0 N–H and O–H groups in total. The zero-order chi connectivity index (χ0) is 15.2. The molecule has 1 heterocycles. The van der Waals surface area contributed by atoms with Crippen molar-refractivity contribution in [1.82, 2.24) is 9.80 Å². The number of methoxy groups -OCH3 is 1. The Hall–Kier alpha value is -1.55. The van der Waals surface area contributed by atoms with Crippen LogP contribution in [0.25, 0.3) is 0 Å². The number of hydrogen-bond acceptors (Lipinski definition) is 3. The molecule has 1 amide bonds. The molecule has 1 aliphatic heterocycles. The van der Waals surface area contributed by atoms with Gasteiger partial charge in [0.1, 0.15) is 5.75 Å². The number of piperazine rings is 1. The van der Waals surface area contributed by atoms with E-state index in [9.17, 15) is 4.79 Å². The van der Waals surface area contributed by atoms with Crippen LogP contribution >= 0.6 is 0 Å². The molecule has 1 fully saturated rings. The Morgan fingerprint density at radius 3 is 2.57 bits per heavy atom. The number of hydrogen-bond donors (Lipinski definition) is 0. The Morgan fingerprint density at radius 1 is 1.24 bits per heavy atom. The fourth-order valence-electron chi connectivity index (χ4n) is 2.77. The first-order chi connectivity index (χ1) is 10.1. The van der Waals surface area contributed by atoms with Gasteiger partial charge in [0, 0.05) is 32.7 Å². The van der Waals surface area contributed by atoms with E-state index in [0.29, 0.717) is 12.3 Å². The summed E-state index contributed by atoms with van der Waals surface area (Å²) in [4.78, 5) is 16.8. The number of amides is 1. The molecule has 0 radical (unpaired) electrons. The maximum Gasteiger partial charge on any atom is 0.227 e. The Balaban J connectivity index is 1.84. The summed E-state index contributed by atoms with van der Waals surface area (Å²) in [5.74, 6) is 1.71. The summed E-state index contributed by atoms with van der Waals surface area (Å²) in [6, 6.07) is 7.75. The van der Waals surface area contributed by atoms with Gasteiger partial charge in [0.25, 0.3) is 0 Å². The first-order valence-corrected chi connectivity index (χ1v) is 7.71. The van der Waals surface area contributed by atoms with Crippen LogP contribution in [0.3, 0.4) is 0 Å². The van der Waals surface area contributed by atoms with Gasteiger partial charge in [0.15, 0.2) is 0 Å². The molecule has 2 rings (SSSR count). The summed E-state index contributed by atoms with van der Waals surface area (Å²) < 4.78 is 5.20. The van der Waals surface area contributed by atoms with Crippen molar-refractivity contribution in [3.63, 3.8) is 0 Å². The van der Waals surface area contributed by atoms with Crippen LogP contribution in [0.4, 0.5) is 0 Å². The lowest BCUT2D eigenvalue weighted by Gasteiger charge is -2.35. The van der Waals surface area contributed by atoms with Crippen LogP contribution in [0.1, 0.15) is 19.4 Å². The lowest BCUT2D eigenvalue weighted by atomic mass is 10.1. The quantitative estimate of drug-likeness (QED) is 0.832.